The van der Waals surface area contributed by atoms with Crippen molar-refractivity contribution in [2.24, 2.45) is 5.10 Å². The molecule has 12 heavy (non-hydrogen) atoms. The lowest BCUT2D eigenvalue weighted by atomic mass is 10.2. The van der Waals surface area contributed by atoms with Crippen molar-refractivity contribution >= 4 is 31.0 Å². The van der Waals surface area contributed by atoms with Crippen molar-refractivity contribution in [2.45, 2.75) is 5.25 Å². The third-order valence-corrected chi connectivity index (χ3v) is 2.83. The Labute approximate surface area is 80.5 Å². The van der Waals surface area contributed by atoms with E-state index in [2.05, 4.69) is 22.9 Å². The fourth-order valence-electron chi connectivity index (χ4n) is 0.974. The molecular weight excluding hydrogens is 190 g/mol. The molecule has 0 bridgehead atoms. The number of thiol groups is 1. The number of hydrazone groups is 1. The quantitative estimate of drug-likeness (QED) is 0.551. The van der Waals surface area contributed by atoms with E-state index in [1.807, 2.05) is 18.3 Å². The van der Waals surface area contributed by atoms with Crippen LogP contribution in [0.15, 0.2) is 29.6 Å². The first-order chi connectivity index (χ1) is 5.86. The standard InChI is InChI=1S/C7H7N3S2/c11-10-9-5-7(12-10)6-1-3-8-4-2-6/h1-5,7,11H. The van der Waals surface area contributed by atoms with Gasteiger partial charge in [-0.2, -0.15) is 8.92 Å². The van der Waals surface area contributed by atoms with Crippen LogP contribution >= 0.6 is 24.8 Å². The molecule has 2 heterocycles. The fourth-order valence-corrected chi connectivity index (χ4v) is 2.04. The molecule has 62 valence electrons. The van der Waals surface area contributed by atoms with E-state index in [-0.39, 0.29) is 5.25 Å². The molecule has 1 aliphatic rings. The van der Waals surface area contributed by atoms with Crippen LogP contribution in [-0.2, 0) is 0 Å². The van der Waals surface area contributed by atoms with Gasteiger partial charge in [0.05, 0.1) is 5.25 Å². The molecule has 0 radical (unpaired) electrons. The summed E-state index contributed by atoms with van der Waals surface area (Å²) >= 11 is 5.65. The minimum absolute atomic E-state index is 0.283. The summed E-state index contributed by atoms with van der Waals surface area (Å²) in [6.45, 7) is 0. The monoisotopic (exact) mass is 197 g/mol. The number of nitrogens with zero attached hydrogens (tertiary/aromatic N) is 3. The zero-order valence-electron chi connectivity index (χ0n) is 6.16. The summed E-state index contributed by atoms with van der Waals surface area (Å²) in [7, 11) is 0. The highest BCUT2D eigenvalue weighted by molar-refractivity contribution is 8.06. The third-order valence-electron chi connectivity index (χ3n) is 1.54. The summed E-state index contributed by atoms with van der Waals surface area (Å²) in [5, 5.41) is 4.29. The molecule has 1 aliphatic heterocycles. The second-order valence-electron chi connectivity index (χ2n) is 2.32. The Morgan fingerprint density at radius 1 is 1.42 bits per heavy atom. The minimum Gasteiger partial charge on any atom is -0.265 e. The predicted molar refractivity (Wildman–Crippen MR) is 53.9 cm³/mol. The molecule has 5 heteroatoms. The second kappa shape index (κ2) is 3.37. The topological polar surface area (TPSA) is 28.5 Å². The highest BCUT2D eigenvalue weighted by Crippen LogP contribution is 2.35. The van der Waals surface area contributed by atoms with Crippen LogP contribution in [0.2, 0.25) is 0 Å². The van der Waals surface area contributed by atoms with E-state index >= 15 is 0 Å². The zero-order valence-corrected chi connectivity index (χ0v) is 7.87. The number of hydrogen-bond acceptors (Lipinski definition) is 5. The van der Waals surface area contributed by atoms with Gasteiger partial charge in [-0.25, -0.2) is 0 Å². The average molecular weight is 197 g/mol. The highest BCUT2D eigenvalue weighted by atomic mass is 32.2. The Balaban J connectivity index is 2.18. The van der Waals surface area contributed by atoms with Crippen LogP contribution < -0.4 is 0 Å². The van der Waals surface area contributed by atoms with Crippen molar-refractivity contribution in [3.8, 4) is 0 Å². The minimum atomic E-state index is 0.283. The molecule has 0 saturated heterocycles. The molecule has 0 spiro atoms. The number of aromatic nitrogens is 1. The first-order valence-electron chi connectivity index (χ1n) is 3.46. The maximum absolute atomic E-state index is 4.08. The van der Waals surface area contributed by atoms with Crippen LogP contribution in [0.25, 0.3) is 0 Å². The maximum atomic E-state index is 4.08. The summed E-state index contributed by atoms with van der Waals surface area (Å²) in [4.78, 5) is 3.95. The Hall–Kier alpha value is -0.680. The van der Waals surface area contributed by atoms with Gasteiger partial charge in [0.15, 0.2) is 0 Å². The van der Waals surface area contributed by atoms with Crippen molar-refractivity contribution in [3.05, 3.63) is 30.1 Å². The van der Waals surface area contributed by atoms with Gasteiger partial charge in [0.25, 0.3) is 0 Å². The lowest BCUT2D eigenvalue weighted by molar-refractivity contribution is 0.854. The van der Waals surface area contributed by atoms with Crippen molar-refractivity contribution in [3.63, 3.8) is 0 Å². The van der Waals surface area contributed by atoms with E-state index in [1.165, 1.54) is 5.56 Å². The molecule has 1 atom stereocenters. The summed E-state index contributed by atoms with van der Waals surface area (Å²) in [6.07, 6.45) is 5.43. The molecule has 3 nitrogen and oxygen atoms in total. The zero-order chi connectivity index (χ0) is 8.39. The van der Waals surface area contributed by atoms with Crippen LogP contribution in [0.4, 0.5) is 0 Å². The van der Waals surface area contributed by atoms with Crippen molar-refractivity contribution in [2.75, 3.05) is 0 Å². The van der Waals surface area contributed by atoms with Gasteiger partial charge in [-0.1, -0.05) is 0 Å². The van der Waals surface area contributed by atoms with Gasteiger partial charge < -0.3 is 0 Å². The molecular formula is C7H7N3S2. The Kier molecular flexibility index (Phi) is 2.23. The lowest BCUT2D eigenvalue weighted by Crippen LogP contribution is -1.91. The van der Waals surface area contributed by atoms with Crippen molar-refractivity contribution in [1.82, 2.24) is 8.80 Å². The molecule has 1 unspecified atom stereocenters. The molecule has 0 fully saturated rings. The van der Waals surface area contributed by atoms with E-state index in [1.54, 1.807) is 28.2 Å². The smallest absolute Gasteiger partial charge is 0.0894 e. The van der Waals surface area contributed by atoms with Crippen LogP contribution in [0, 0.1) is 0 Å². The van der Waals surface area contributed by atoms with E-state index in [4.69, 9.17) is 0 Å². The van der Waals surface area contributed by atoms with E-state index < -0.39 is 0 Å². The largest absolute Gasteiger partial charge is 0.265 e. The average Bonchev–Trinajstić information content (AvgIpc) is 2.54. The van der Waals surface area contributed by atoms with Gasteiger partial charge in [0.1, 0.15) is 0 Å². The second-order valence-corrected chi connectivity index (χ2v) is 4.04. The molecule has 1 aromatic rings. The van der Waals surface area contributed by atoms with E-state index in [9.17, 15) is 0 Å². The van der Waals surface area contributed by atoms with Crippen LogP contribution in [0.5, 0.6) is 0 Å². The van der Waals surface area contributed by atoms with Crippen molar-refractivity contribution < 1.29 is 0 Å². The summed E-state index contributed by atoms with van der Waals surface area (Å²) in [5.41, 5.74) is 1.20. The SMILES string of the molecule is SN1N=CC(c2ccncc2)S1. The van der Waals surface area contributed by atoms with Gasteiger partial charge >= 0.3 is 0 Å². The van der Waals surface area contributed by atoms with E-state index in [0.717, 1.165) is 0 Å². The highest BCUT2D eigenvalue weighted by Gasteiger charge is 2.17. The van der Waals surface area contributed by atoms with Crippen LogP contribution in [-0.4, -0.2) is 15.0 Å². The summed E-state index contributed by atoms with van der Waals surface area (Å²) in [6, 6.07) is 3.97. The normalized spacial score (nSPS) is 21.8. The Morgan fingerprint density at radius 3 is 2.75 bits per heavy atom. The third kappa shape index (κ3) is 1.56. The van der Waals surface area contributed by atoms with E-state index in [0.29, 0.717) is 0 Å². The van der Waals surface area contributed by atoms with Crippen molar-refractivity contribution in [1.29, 1.82) is 0 Å². The summed E-state index contributed by atoms with van der Waals surface area (Å²) < 4.78 is 1.56. The predicted octanol–water partition coefficient (Wildman–Crippen LogP) is 1.92. The molecule has 0 aliphatic carbocycles. The molecule has 0 aromatic carbocycles. The lowest BCUT2D eigenvalue weighted by Gasteiger charge is -2.06. The number of hydrogen-bond donors (Lipinski definition) is 1. The first kappa shape index (κ1) is 7.94. The Morgan fingerprint density at radius 2 is 2.17 bits per heavy atom. The van der Waals surface area contributed by atoms with Gasteiger partial charge in [0, 0.05) is 18.6 Å². The maximum Gasteiger partial charge on any atom is 0.0894 e. The van der Waals surface area contributed by atoms with Gasteiger partial charge in [-0.3, -0.25) is 4.98 Å². The van der Waals surface area contributed by atoms with Gasteiger partial charge in [0.2, 0.25) is 0 Å². The van der Waals surface area contributed by atoms with Gasteiger partial charge in [-0.15, -0.1) is 0 Å². The molecule has 2 rings (SSSR count). The molecule has 1 aromatic heterocycles. The first-order valence-corrected chi connectivity index (χ1v) is 4.70. The number of pyridine rings is 1. The van der Waals surface area contributed by atoms with Crippen LogP contribution in [0.1, 0.15) is 10.8 Å². The fraction of sp³-hybridized carbons (Fsp3) is 0.143. The van der Waals surface area contributed by atoms with Gasteiger partial charge in [-0.05, 0) is 42.5 Å². The van der Waals surface area contributed by atoms with Crippen LogP contribution in [0.3, 0.4) is 0 Å². The molecule has 0 saturated carbocycles. The molecule has 0 amide bonds. The summed E-state index contributed by atoms with van der Waals surface area (Å²) in [5.74, 6) is 0. The number of rotatable bonds is 1. The molecule has 0 N–H and O–H groups in total. The Bertz CT molecular complexity index is 288.